The minimum atomic E-state index is -4.65. The van der Waals surface area contributed by atoms with E-state index in [1.165, 1.54) is 41.6 Å². The lowest BCUT2D eigenvalue weighted by molar-refractivity contribution is -0.198. The number of alkyl halides is 3. The van der Waals surface area contributed by atoms with Crippen molar-refractivity contribution in [1.29, 1.82) is 0 Å². The average Bonchev–Trinajstić information content (AvgIpc) is 3.20. The maximum atomic E-state index is 13.7. The molecule has 1 unspecified atom stereocenters. The van der Waals surface area contributed by atoms with E-state index >= 15 is 0 Å². The van der Waals surface area contributed by atoms with Crippen molar-refractivity contribution in [3.8, 4) is 11.7 Å². The third-order valence-corrected chi connectivity index (χ3v) is 3.80. The van der Waals surface area contributed by atoms with Crippen molar-refractivity contribution in [3.05, 3.63) is 73.1 Å². The first-order chi connectivity index (χ1) is 13.0. The van der Waals surface area contributed by atoms with E-state index in [1.54, 1.807) is 30.5 Å². The second-order valence-corrected chi connectivity index (χ2v) is 5.65. The number of rotatable bonds is 4. The highest BCUT2D eigenvalue weighted by molar-refractivity contribution is 5.73. The van der Waals surface area contributed by atoms with Crippen LogP contribution in [0.3, 0.4) is 0 Å². The van der Waals surface area contributed by atoms with Crippen molar-refractivity contribution in [2.45, 2.75) is 12.3 Å². The maximum Gasteiger partial charge on any atom is 0.429 e. The predicted molar refractivity (Wildman–Crippen MR) is 90.3 cm³/mol. The lowest BCUT2D eigenvalue weighted by atomic mass is 10.1. The van der Waals surface area contributed by atoms with Crippen LogP contribution >= 0.6 is 0 Å². The van der Waals surface area contributed by atoms with Gasteiger partial charge in [0.05, 0.1) is 17.2 Å². The Morgan fingerprint density at radius 2 is 1.81 bits per heavy atom. The Bertz CT molecular complexity index is 1070. The van der Waals surface area contributed by atoms with Gasteiger partial charge in [-0.25, -0.2) is 19.9 Å². The first-order valence-corrected chi connectivity index (χ1v) is 7.90. The first-order valence-electron chi connectivity index (χ1n) is 7.90. The van der Waals surface area contributed by atoms with Crippen LogP contribution in [-0.4, -0.2) is 30.7 Å². The van der Waals surface area contributed by atoms with Gasteiger partial charge in [-0.1, -0.05) is 12.1 Å². The normalized spacial score (nSPS) is 12.9. The standard InChI is InChI=1S/C18H12F3N5O/c19-18(20,21)17(12-5-6-23-15(9-12)26-8-7-22-11-26)27-16-10-24-13-3-1-2-4-14(13)25-16/h1-11,17H. The molecule has 0 aliphatic carbocycles. The molecule has 0 N–H and O–H groups in total. The summed E-state index contributed by atoms with van der Waals surface area (Å²) in [6, 6.07) is 9.42. The van der Waals surface area contributed by atoms with Crippen molar-refractivity contribution >= 4 is 11.0 Å². The molecule has 0 aliphatic rings. The van der Waals surface area contributed by atoms with Gasteiger partial charge < -0.3 is 4.74 Å². The van der Waals surface area contributed by atoms with Gasteiger partial charge in [-0.3, -0.25) is 4.57 Å². The van der Waals surface area contributed by atoms with Crippen LogP contribution < -0.4 is 4.74 Å². The number of benzene rings is 1. The van der Waals surface area contributed by atoms with Gasteiger partial charge >= 0.3 is 6.18 Å². The van der Waals surface area contributed by atoms with E-state index in [4.69, 9.17) is 4.74 Å². The van der Waals surface area contributed by atoms with Crippen LogP contribution in [-0.2, 0) is 0 Å². The molecule has 0 saturated carbocycles. The van der Waals surface area contributed by atoms with Crippen molar-refractivity contribution in [3.63, 3.8) is 0 Å². The Hall–Kier alpha value is -3.49. The van der Waals surface area contributed by atoms with E-state index in [0.29, 0.717) is 16.9 Å². The molecule has 0 radical (unpaired) electrons. The largest absolute Gasteiger partial charge is 0.459 e. The van der Waals surface area contributed by atoms with Gasteiger partial charge in [-0.15, -0.1) is 0 Å². The van der Waals surface area contributed by atoms with Gasteiger partial charge in [0.2, 0.25) is 12.0 Å². The van der Waals surface area contributed by atoms with Crippen molar-refractivity contribution < 1.29 is 17.9 Å². The summed E-state index contributed by atoms with van der Waals surface area (Å²) in [6.07, 6.45) is 0.155. The molecule has 6 nitrogen and oxygen atoms in total. The highest BCUT2D eigenvalue weighted by atomic mass is 19.4. The van der Waals surface area contributed by atoms with Gasteiger partial charge in [0, 0.05) is 24.2 Å². The summed E-state index contributed by atoms with van der Waals surface area (Å²) in [6.45, 7) is 0. The Balaban J connectivity index is 1.70. The molecule has 4 rings (SSSR count). The summed E-state index contributed by atoms with van der Waals surface area (Å²) in [4.78, 5) is 16.1. The SMILES string of the molecule is FC(F)(F)C(Oc1cnc2ccccc2n1)c1ccnc(-n2ccnc2)c1. The quantitative estimate of drug-likeness (QED) is 0.544. The van der Waals surface area contributed by atoms with Crippen LogP contribution in [0, 0.1) is 0 Å². The molecule has 3 aromatic heterocycles. The summed E-state index contributed by atoms with van der Waals surface area (Å²) >= 11 is 0. The van der Waals surface area contributed by atoms with Crippen LogP contribution in [0.2, 0.25) is 0 Å². The van der Waals surface area contributed by atoms with E-state index in [2.05, 4.69) is 19.9 Å². The highest BCUT2D eigenvalue weighted by Gasteiger charge is 2.43. The molecule has 136 valence electrons. The lowest BCUT2D eigenvalue weighted by Gasteiger charge is -2.21. The molecule has 4 aromatic rings. The van der Waals surface area contributed by atoms with Crippen LogP contribution in [0.4, 0.5) is 13.2 Å². The van der Waals surface area contributed by atoms with E-state index in [-0.39, 0.29) is 11.4 Å². The molecule has 1 atom stereocenters. The van der Waals surface area contributed by atoms with Gasteiger partial charge in [-0.05, 0) is 24.3 Å². The van der Waals surface area contributed by atoms with E-state index in [0.717, 1.165) is 0 Å². The van der Waals surface area contributed by atoms with E-state index in [9.17, 15) is 13.2 Å². The third-order valence-electron chi connectivity index (χ3n) is 3.80. The highest BCUT2D eigenvalue weighted by Crippen LogP contribution is 2.36. The molecule has 1 aromatic carbocycles. The summed E-state index contributed by atoms with van der Waals surface area (Å²) in [7, 11) is 0. The minimum absolute atomic E-state index is 0.101. The number of ether oxygens (including phenoxy) is 1. The number of hydrogen-bond donors (Lipinski definition) is 0. The van der Waals surface area contributed by atoms with Crippen LogP contribution in [0.1, 0.15) is 11.7 Å². The van der Waals surface area contributed by atoms with E-state index in [1.807, 2.05) is 0 Å². The Morgan fingerprint density at radius 3 is 2.56 bits per heavy atom. The second kappa shape index (κ2) is 6.67. The molecule has 0 amide bonds. The number of halogens is 3. The molecule has 0 bridgehead atoms. The summed E-state index contributed by atoms with van der Waals surface area (Å²) in [5.74, 6) is 0.0875. The van der Waals surface area contributed by atoms with E-state index < -0.39 is 12.3 Å². The Morgan fingerprint density at radius 1 is 1.00 bits per heavy atom. The topological polar surface area (TPSA) is 65.7 Å². The predicted octanol–water partition coefficient (Wildman–Crippen LogP) is 3.89. The first kappa shape index (κ1) is 17.0. The molecular formula is C18H12F3N5O. The van der Waals surface area contributed by atoms with Gasteiger partial charge in [0.1, 0.15) is 12.1 Å². The Labute approximate surface area is 151 Å². The smallest absolute Gasteiger partial charge is 0.429 e. The number of aromatic nitrogens is 5. The molecule has 0 aliphatic heterocycles. The zero-order chi connectivity index (χ0) is 18.9. The van der Waals surface area contributed by atoms with Crippen LogP contribution in [0.5, 0.6) is 5.88 Å². The average molecular weight is 371 g/mol. The van der Waals surface area contributed by atoms with Crippen molar-refractivity contribution in [2.24, 2.45) is 0 Å². The Kier molecular flexibility index (Phi) is 4.19. The number of hydrogen-bond acceptors (Lipinski definition) is 5. The fraction of sp³-hybridized carbons (Fsp3) is 0.111. The third kappa shape index (κ3) is 3.57. The monoisotopic (exact) mass is 371 g/mol. The minimum Gasteiger partial charge on any atom is -0.459 e. The zero-order valence-corrected chi connectivity index (χ0v) is 13.7. The van der Waals surface area contributed by atoms with Gasteiger partial charge in [0.15, 0.2) is 0 Å². The zero-order valence-electron chi connectivity index (χ0n) is 13.7. The number of nitrogens with zero attached hydrogens (tertiary/aromatic N) is 5. The second-order valence-electron chi connectivity index (χ2n) is 5.65. The summed E-state index contributed by atoms with van der Waals surface area (Å²) < 4.78 is 47.7. The summed E-state index contributed by atoms with van der Waals surface area (Å²) in [5.41, 5.74) is 0.917. The number of para-hydroxylation sites is 2. The van der Waals surface area contributed by atoms with Crippen molar-refractivity contribution in [2.75, 3.05) is 0 Å². The van der Waals surface area contributed by atoms with Crippen molar-refractivity contribution in [1.82, 2.24) is 24.5 Å². The summed E-state index contributed by atoms with van der Waals surface area (Å²) in [5, 5.41) is 0. The molecular weight excluding hydrogens is 359 g/mol. The molecule has 0 spiro atoms. The molecule has 0 fully saturated rings. The molecule has 27 heavy (non-hydrogen) atoms. The number of pyridine rings is 1. The fourth-order valence-corrected chi connectivity index (χ4v) is 2.57. The van der Waals surface area contributed by atoms with Crippen LogP contribution in [0.15, 0.2) is 67.5 Å². The molecule has 9 heteroatoms. The van der Waals surface area contributed by atoms with Gasteiger partial charge in [0.25, 0.3) is 0 Å². The number of fused-ring (bicyclic) bond motifs is 1. The van der Waals surface area contributed by atoms with Crippen LogP contribution in [0.25, 0.3) is 16.9 Å². The number of imidazole rings is 1. The van der Waals surface area contributed by atoms with Gasteiger partial charge in [-0.2, -0.15) is 13.2 Å². The molecule has 0 saturated heterocycles. The molecule has 3 heterocycles. The fourth-order valence-electron chi connectivity index (χ4n) is 2.57. The maximum absolute atomic E-state index is 13.7. The lowest BCUT2D eigenvalue weighted by Crippen LogP contribution is -2.26.